The number of nitrogens with two attached hydrogens (primary N) is 1. The third kappa shape index (κ3) is 3.19. The smallest absolute Gasteiger partial charge is 0.251 e. The molecule has 7 rings (SSSR count). The van der Waals surface area contributed by atoms with Crippen LogP contribution in [0.25, 0.3) is 21.9 Å². The topological polar surface area (TPSA) is 64.3 Å². The van der Waals surface area contributed by atoms with Crippen LogP contribution >= 0.6 is 0 Å². The average Bonchev–Trinajstić information content (AvgIpc) is 3.53. The number of rotatable bonds is 6. The number of carbonyl (C=O) groups is 1. The van der Waals surface area contributed by atoms with Gasteiger partial charge in [0.25, 0.3) is 5.91 Å². The number of amides is 1. The van der Waals surface area contributed by atoms with Crippen molar-refractivity contribution in [3.63, 3.8) is 0 Å². The summed E-state index contributed by atoms with van der Waals surface area (Å²) in [5, 5.41) is 5.07. The Morgan fingerprint density at radius 2 is 1.71 bits per heavy atom. The van der Waals surface area contributed by atoms with Gasteiger partial charge in [0.2, 0.25) is 0 Å². The molecule has 4 fully saturated rings. The van der Waals surface area contributed by atoms with E-state index in [9.17, 15) is 4.79 Å². The second-order valence-corrected chi connectivity index (χ2v) is 11.8. The van der Waals surface area contributed by atoms with Crippen molar-refractivity contribution >= 4 is 16.7 Å². The second-order valence-electron chi connectivity index (χ2n) is 11.8. The Balaban J connectivity index is 1.24. The molecule has 3 bridgehead atoms. The normalized spacial score (nSPS) is 31.9. The fraction of sp³-hybridized carbons (Fsp3) is 0.452. The molecule has 0 radical (unpaired) electrons. The molecule has 4 nitrogen and oxygen atoms in total. The largest absolute Gasteiger partial charge is 0.496 e. The Labute approximate surface area is 207 Å². The van der Waals surface area contributed by atoms with Gasteiger partial charge in [-0.15, -0.1) is 0 Å². The first-order valence-corrected chi connectivity index (χ1v) is 13.2. The van der Waals surface area contributed by atoms with Crippen molar-refractivity contribution in [3.8, 4) is 16.9 Å². The Hall–Kier alpha value is -2.85. The molecule has 3 aromatic carbocycles. The van der Waals surface area contributed by atoms with E-state index in [-0.39, 0.29) is 5.91 Å². The fourth-order valence-electron chi connectivity index (χ4n) is 8.52. The van der Waals surface area contributed by atoms with Gasteiger partial charge in [-0.05, 0) is 119 Å². The summed E-state index contributed by atoms with van der Waals surface area (Å²) in [5.74, 6) is 3.78. The Kier molecular flexibility index (Phi) is 4.64. The number of benzene rings is 3. The van der Waals surface area contributed by atoms with Gasteiger partial charge in [-0.1, -0.05) is 24.3 Å². The summed E-state index contributed by atoms with van der Waals surface area (Å²) in [5.41, 5.74) is 11.1. The SMILES string of the molecule is COc1ccc(-c2ccc3cc(C(=O)NCCN)ccc3c2)cc1C12CC3CC(C1)C1(C3)CC1C2. The molecule has 0 aromatic heterocycles. The maximum atomic E-state index is 12.3. The van der Waals surface area contributed by atoms with Crippen LogP contribution in [0.2, 0.25) is 0 Å². The summed E-state index contributed by atoms with van der Waals surface area (Å²) in [7, 11) is 1.83. The number of carbonyl (C=O) groups excluding carboxylic acids is 1. The highest BCUT2D eigenvalue weighted by Gasteiger charge is 2.71. The highest BCUT2D eigenvalue weighted by atomic mass is 16.5. The number of ether oxygens (including phenoxy) is 1. The molecule has 3 N–H and O–H groups in total. The zero-order chi connectivity index (χ0) is 23.8. The number of hydrogen-bond acceptors (Lipinski definition) is 3. The van der Waals surface area contributed by atoms with Crippen LogP contribution in [-0.4, -0.2) is 26.1 Å². The molecule has 0 heterocycles. The van der Waals surface area contributed by atoms with Crippen molar-refractivity contribution < 1.29 is 9.53 Å². The van der Waals surface area contributed by atoms with Crippen molar-refractivity contribution in [3.05, 3.63) is 65.7 Å². The van der Waals surface area contributed by atoms with E-state index in [1.54, 1.807) is 0 Å². The molecule has 4 aliphatic carbocycles. The van der Waals surface area contributed by atoms with Crippen LogP contribution in [0.3, 0.4) is 0 Å². The third-order valence-corrected chi connectivity index (χ3v) is 9.97. The van der Waals surface area contributed by atoms with Crippen LogP contribution in [0.1, 0.15) is 54.4 Å². The molecule has 1 spiro atoms. The van der Waals surface area contributed by atoms with Gasteiger partial charge in [0.15, 0.2) is 0 Å². The predicted octanol–water partition coefficient (Wildman–Crippen LogP) is 5.67. The Morgan fingerprint density at radius 3 is 2.57 bits per heavy atom. The first-order chi connectivity index (χ1) is 17.0. The van der Waals surface area contributed by atoms with Crippen LogP contribution in [0.5, 0.6) is 5.75 Å². The molecule has 5 unspecified atom stereocenters. The number of methoxy groups -OCH3 is 1. The van der Waals surface area contributed by atoms with Crippen molar-refractivity contribution in [1.29, 1.82) is 0 Å². The molecule has 180 valence electrons. The van der Waals surface area contributed by atoms with Crippen molar-refractivity contribution in [2.75, 3.05) is 20.2 Å². The monoisotopic (exact) mass is 466 g/mol. The van der Waals surface area contributed by atoms with Crippen LogP contribution < -0.4 is 15.8 Å². The van der Waals surface area contributed by atoms with Gasteiger partial charge in [0.1, 0.15) is 5.75 Å². The fourth-order valence-corrected chi connectivity index (χ4v) is 8.52. The molecule has 1 amide bonds. The van der Waals surface area contributed by atoms with E-state index in [4.69, 9.17) is 10.5 Å². The zero-order valence-corrected chi connectivity index (χ0v) is 20.5. The van der Waals surface area contributed by atoms with E-state index in [2.05, 4.69) is 41.7 Å². The van der Waals surface area contributed by atoms with Gasteiger partial charge in [-0.3, -0.25) is 4.79 Å². The average molecular weight is 467 g/mol. The molecule has 4 aliphatic rings. The highest BCUT2D eigenvalue weighted by molar-refractivity contribution is 5.99. The summed E-state index contributed by atoms with van der Waals surface area (Å²) in [4.78, 5) is 12.3. The minimum absolute atomic E-state index is 0.0749. The summed E-state index contributed by atoms with van der Waals surface area (Å²) in [6.45, 7) is 0.928. The molecule has 4 heteroatoms. The zero-order valence-electron chi connectivity index (χ0n) is 20.5. The van der Waals surface area contributed by atoms with Gasteiger partial charge in [0.05, 0.1) is 7.11 Å². The van der Waals surface area contributed by atoms with E-state index in [0.717, 1.165) is 39.7 Å². The molecular weight excluding hydrogens is 432 g/mol. The molecule has 3 aromatic rings. The standard InChI is InChI=1S/C31H34N2O2/c1-35-28-7-6-23(13-27(28)30-14-19-10-25(16-30)31(15-19)18-26(31)17-30)21-2-3-22-12-24(5-4-20(22)11-21)29(34)33-9-8-32/h2-7,11-13,19,25-26H,8-10,14-18,32H2,1H3,(H,33,34). The minimum Gasteiger partial charge on any atom is -0.496 e. The van der Waals surface area contributed by atoms with Gasteiger partial charge in [0, 0.05) is 24.2 Å². The van der Waals surface area contributed by atoms with Gasteiger partial charge in [-0.25, -0.2) is 0 Å². The van der Waals surface area contributed by atoms with Gasteiger partial charge >= 0.3 is 0 Å². The van der Waals surface area contributed by atoms with Crippen molar-refractivity contribution in [1.82, 2.24) is 5.32 Å². The molecule has 35 heavy (non-hydrogen) atoms. The maximum absolute atomic E-state index is 12.3. The highest BCUT2D eigenvalue weighted by Crippen LogP contribution is 2.79. The van der Waals surface area contributed by atoms with Gasteiger partial charge < -0.3 is 15.8 Å². The molecule has 0 aliphatic heterocycles. The summed E-state index contributed by atoms with van der Waals surface area (Å²) < 4.78 is 5.96. The summed E-state index contributed by atoms with van der Waals surface area (Å²) in [6, 6.07) is 19.3. The maximum Gasteiger partial charge on any atom is 0.251 e. The van der Waals surface area contributed by atoms with Crippen LogP contribution in [0.4, 0.5) is 0 Å². The third-order valence-electron chi connectivity index (χ3n) is 9.97. The van der Waals surface area contributed by atoms with Crippen LogP contribution in [-0.2, 0) is 5.41 Å². The number of nitrogens with one attached hydrogen (secondary N) is 1. The molecular formula is C31H34N2O2. The second kappa shape index (κ2) is 7.57. The van der Waals surface area contributed by atoms with E-state index in [1.807, 2.05) is 25.3 Å². The summed E-state index contributed by atoms with van der Waals surface area (Å²) >= 11 is 0. The lowest BCUT2D eigenvalue weighted by Crippen LogP contribution is -2.38. The van der Waals surface area contributed by atoms with Crippen LogP contribution in [0, 0.1) is 23.2 Å². The van der Waals surface area contributed by atoms with Crippen molar-refractivity contribution in [2.45, 2.75) is 43.9 Å². The van der Waals surface area contributed by atoms with Crippen molar-refractivity contribution in [2.24, 2.45) is 28.9 Å². The molecule has 0 saturated heterocycles. The first kappa shape index (κ1) is 21.4. The van der Waals surface area contributed by atoms with Gasteiger partial charge in [-0.2, -0.15) is 0 Å². The van der Waals surface area contributed by atoms with E-state index in [0.29, 0.717) is 24.1 Å². The summed E-state index contributed by atoms with van der Waals surface area (Å²) in [6.07, 6.45) is 8.49. The number of fused-ring (bicyclic) bond motifs is 3. The van der Waals surface area contributed by atoms with Crippen LogP contribution in [0.15, 0.2) is 54.6 Å². The Bertz CT molecular complexity index is 1340. The van der Waals surface area contributed by atoms with E-state index >= 15 is 0 Å². The lowest BCUT2D eigenvalue weighted by Gasteiger charge is -2.46. The quantitative estimate of drug-likeness (QED) is 0.492. The molecule has 4 saturated carbocycles. The Morgan fingerprint density at radius 1 is 0.943 bits per heavy atom. The minimum atomic E-state index is -0.0749. The molecule has 5 atom stereocenters. The number of hydrogen-bond donors (Lipinski definition) is 2. The first-order valence-electron chi connectivity index (χ1n) is 13.2. The lowest BCUT2D eigenvalue weighted by molar-refractivity contribution is 0.0955. The lowest BCUT2D eigenvalue weighted by atomic mass is 9.59. The van der Waals surface area contributed by atoms with E-state index < -0.39 is 0 Å². The van der Waals surface area contributed by atoms with E-state index in [1.165, 1.54) is 55.2 Å². The predicted molar refractivity (Wildman–Crippen MR) is 140 cm³/mol.